The van der Waals surface area contributed by atoms with Crippen molar-refractivity contribution in [2.45, 2.75) is 19.1 Å². The number of carboxylic acid groups (broad SMARTS) is 1. The van der Waals surface area contributed by atoms with Crippen LogP contribution in [0.5, 0.6) is 0 Å². The third kappa shape index (κ3) is 5.40. The number of carboxylic acids is 1. The highest BCUT2D eigenvalue weighted by atomic mass is 16.6. The molecule has 1 heterocycles. The van der Waals surface area contributed by atoms with Gasteiger partial charge in [0.25, 0.3) is 0 Å². The molecule has 2 rings (SSSR count). The third-order valence-corrected chi connectivity index (χ3v) is 3.40. The molecule has 26 heavy (non-hydrogen) atoms. The summed E-state index contributed by atoms with van der Waals surface area (Å²) in [6, 6.07) is 7.34. The molecule has 0 saturated heterocycles. The van der Waals surface area contributed by atoms with E-state index in [0.29, 0.717) is 16.2 Å². The van der Waals surface area contributed by atoms with Crippen LogP contribution in [0.2, 0.25) is 0 Å². The van der Waals surface area contributed by atoms with Crippen LogP contribution < -0.4 is 5.73 Å². The monoisotopic (exact) mass is 364 g/mol. The summed E-state index contributed by atoms with van der Waals surface area (Å²) in [5.41, 5.74) is 6.41. The van der Waals surface area contributed by atoms with E-state index in [9.17, 15) is 19.5 Å². The van der Waals surface area contributed by atoms with Crippen LogP contribution >= 0.6 is 0 Å². The summed E-state index contributed by atoms with van der Waals surface area (Å²) in [4.78, 5) is 43.1. The molecule has 1 aromatic carbocycles. The molecule has 2 amide bonds. The zero-order chi connectivity index (χ0) is 18.2. The van der Waals surface area contributed by atoms with Gasteiger partial charge in [-0.05, 0) is 5.56 Å². The van der Waals surface area contributed by atoms with Crippen molar-refractivity contribution in [2.75, 3.05) is 6.54 Å². The molecule has 1 atom stereocenters. The van der Waals surface area contributed by atoms with Gasteiger partial charge >= 0.3 is 12.1 Å². The van der Waals surface area contributed by atoms with E-state index in [2.05, 4.69) is 9.97 Å². The molecule has 0 aliphatic rings. The first-order valence-electron chi connectivity index (χ1n) is 7.46. The first kappa shape index (κ1) is 20.8. The number of rotatable bonds is 7. The average molecular weight is 364 g/mol. The molecule has 10 heteroatoms. The average Bonchev–Trinajstić information content (AvgIpc) is 3.13. The van der Waals surface area contributed by atoms with Gasteiger partial charge < -0.3 is 26.0 Å². The van der Waals surface area contributed by atoms with E-state index in [0.717, 1.165) is 0 Å². The Morgan fingerprint density at radius 3 is 2.50 bits per heavy atom. The Kier molecular flexibility index (Phi) is 7.93. The summed E-state index contributed by atoms with van der Waals surface area (Å²) in [6.07, 6.45) is 1.63. The van der Waals surface area contributed by atoms with Gasteiger partial charge in [-0.15, -0.1) is 0 Å². The van der Waals surface area contributed by atoms with E-state index in [1.54, 1.807) is 30.3 Å². The standard InChI is InChI=1S/C16H18N4O5.H2O/c17-7-14(21)20(13(15(22)23)6-12-8-18-10-19-12)16(24)25-9-11-4-2-1-3-5-11;/h1-5,8,10,13H,6-7,9,17H2,(H,18,19)(H,22,23);1H2. The van der Waals surface area contributed by atoms with Crippen molar-refractivity contribution in [3.8, 4) is 0 Å². The van der Waals surface area contributed by atoms with Crippen LogP contribution in [0.3, 0.4) is 0 Å². The number of hydrogen-bond acceptors (Lipinski definition) is 6. The Balaban J connectivity index is 0.00000338. The van der Waals surface area contributed by atoms with Gasteiger partial charge in [0.15, 0.2) is 0 Å². The molecular weight excluding hydrogens is 344 g/mol. The van der Waals surface area contributed by atoms with Crippen LogP contribution in [0.25, 0.3) is 0 Å². The summed E-state index contributed by atoms with van der Waals surface area (Å²) >= 11 is 0. The molecule has 1 aromatic heterocycles. The number of nitrogens with two attached hydrogens (primary N) is 1. The Morgan fingerprint density at radius 2 is 1.96 bits per heavy atom. The van der Waals surface area contributed by atoms with Gasteiger partial charge in [-0.3, -0.25) is 4.79 Å². The molecule has 2 aromatic rings. The second-order valence-corrected chi connectivity index (χ2v) is 5.13. The number of carbonyl (C=O) groups is 3. The fourth-order valence-corrected chi connectivity index (χ4v) is 2.18. The molecule has 1 unspecified atom stereocenters. The van der Waals surface area contributed by atoms with Crippen LogP contribution in [0.4, 0.5) is 4.79 Å². The van der Waals surface area contributed by atoms with Crippen molar-refractivity contribution >= 4 is 18.0 Å². The fraction of sp³-hybridized carbons (Fsp3) is 0.250. The maximum Gasteiger partial charge on any atom is 0.417 e. The number of imidazole rings is 1. The molecule has 0 aliphatic carbocycles. The highest BCUT2D eigenvalue weighted by Crippen LogP contribution is 2.11. The van der Waals surface area contributed by atoms with Crippen LogP contribution in [0.15, 0.2) is 42.9 Å². The Hall–Kier alpha value is -3.24. The predicted octanol–water partition coefficient (Wildman–Crippen LogP) is -0.295. The van der Waals surface area contributed by atoms with E-state index in [-0.39, 0.29) is 18.5 Å². The molecule has 0 bridgehead atoms. The van der Waals surface area contributed by atoms with Crippen molar-refractivity contribution < 1.29 is 29.7 Å². The topological polar surface area (TPSA) is 170 Å². The number of nitrogens with zero attached hydrogens (tertiary/aromatic N) is 2. The number of H-pyrrole nitrogens is 1. The van der Waals surface area contributed by atoms with Crippen LogP contribution in [-0.4, -0.2) is 56.0 Å². The number of aliphatic carboxylic acids is 1. The number of ether oxygens (including phenoxy) is 1. The lowest BCUT2D eigenvalue weighted by molar-refractivity contribution is -0.148. The molecule has 0 saturated carbocycles. The van der Waals surface area contributed by atoms with Crippen molar-refractivity contribution in [3.05, 3.63) is 54.1 Å². The minimum absolute atomic E-state index is 0. The molecule has 0 spiro atoms. The minimum Gasteiger partial charge on any atom is -0.480 e. The zero-order valence-electron chi connectivity index (χ0n) is 13.8. The lowest BCUT2D eigenvalue weighted by Gasteiger charge is -2.25. The molecular formula is C16H20N4O6. The van der Waals surface area contributed by atoms with Crippen LogP contribution in [-0.2, 0) is 27.4 Å². The lowest BCUT2D eigenvalue weighted by atomic mass is 10.1. The number of benzene rings is 1. The van der Waals surface area contributed by atoms with Crippen LogP contribution in [0, 0.1) is 0 Å². The smallest absolute Gasteiger partial charge is 0.417 e. The summed E-state index contributed by atoms with van der Waals surface area (Å²) < 4.78 is 5.08. The van der Waals surface area contributed by atoms with Gasteiger partial charge in [0, 0.05) is 12.6 Å². The maximum atomic E-state index is 12.3. The largest absolute Gasteiger partial charge is 0.480 e. The van der Waals surface area contributed by atoms with E-state index < -0.39 is 30.6 Å². The number of nitrogens with one attached hydrogen (secondary N) is 1. The number of imide groups is 1. The summed E-state index contributed by atoms with van der Waals surface area (Å²) in [5, 5.41) is 9.44. The molecule has 6 N–H and O–H groups in total. The van der Waals surface area contributed by atoms with Crippen LogP contribution in [0.1, 0.15) is 11.3 Å². The molecule has 140 valence electrons. The van der Waals surface area contributed by atoms with Gasteiger partial charge in [0.05, 0.1) is 18.6 Å². The SMILES string of the molecule is NCC(=O)N(C(=O)OCc1ccccc1)C(Cc1c[nH]cn1)C(=O)O.O. The van der Waals surface area contributed by atoms with E-state index in [1.807, 2.05) is 0 Å². The number of amides is 2. The first-order valence-corrected chi connectivity index (χ1v) is 7.46. The molecule has 0 fully saturated rings. The number of carbonyl (C=O) groups excluding carboxylic acids is 2. The van der Waals surface area contributed by atoms with Gasteiger partial charge in [0.1, 0.15) is 12.6 Å². The van der Waals surface area contributed by atoms with E-state index in [4.69, 9.17) is 10.5 Å². The zero-order valence-corrected chi connectivity index (χ0v) is 13.8. The third-order valence-electron chi connectivity index (χ3n) is 3.40. The highest BCUT2D eigenvalue weighted by Gasteiger charge is 2.36. The fourth-order valence-electron chi connectivity index (χ4n) is 2.18. The van der Waals surface area contributed by atoms with Gasteiger partial charge in [0.2, 0.25) is 5.91 Å². The predicted molar refractivity (Wildman–Crippen MR) is 89.9 cm³/mol. The van der Waals surface area contributed by atoms with Crippen molar-refractivity contribution in [1.82, 2.24) is 14.9 Å². The Morgan fingerprint density at radius 1 is 1.27 bits per heavy atom. The Bertz CT molecular complexity index is 720. The van der Waals surface area contributed by atoms with Gasteiger partial charge in [-0.2, -0.15) is 0 Å². The number of hydrogen-bond donors (Lipinski definition) is 3. The van der Waals surface area contributed by atoms with Crippen molar-refractivity contribution in [1.29, 1.82) is 0 Å². The normalized spacial score (nSPS) is 11.1. The number of aromatic amines is 1. The molecule has 10 nitrogen and oxygen atoms in total. The summed E-state index contributed by atoms with van der Waals surface area (Å²) in [6.45, 7) is -0.618. The van der Waals surface area contributed by atoms with Gasteiger partial charge in [-0.1, -0.05) is 30.3 Å². The van der Waals surface area contributed by atoms with E-state index >= 15 is 0 Å². The van der Waals surface area contributed by atoms with E-state index in [1.165, 1.54) is 12.5 Å². The quantitative estimate of drug-likeness (QED) is 0.605. The second kappa shape index (κ2) is 9.91. The highest BCUT2D eigenvalue weighted by molar-refractivity contribution is 5.97. The number of aromatic nitrogens is 2. The Labute approximate surface area is 148 Å². The second-order valence-electron chi connectivity index (χ2n) is 5.13. The summed E-state index contributed by atoms with van der Waals surface area (Å²) in [5.74, 6) is -2.21. The first-order chi connectivity index (χ1) is 12.0. The van der Waals surface area contributed by atoms with Gasteiger partial charge in [-0.25, -0.2) is 19.5 Å². The lowest BCUT2D eigenvalue weighted by Crippen LogP contribution is -2.52. The maximum absolute atomic E-state index is 12.3. The summed E-state index contributed by atoms with van der Waals surface area (Å²) in [7, 11) is 0. The minimum atomic E-state index is -1.47. The molecule has 0 aliphatic heterocycles. The van der Waals surface area contributed by atoms with Crippen molar-refractivity contribution in [2.24, 2.45) is 5.73 Å². The van der Waals surface area contributed by atoms with Crippen molar-refractivity contribution in [3.63, 3.8) is 0 Å². The molecule has 0 radical (unpaired) electrons.